The van der Waals surface area contributed by atoms with E-state index in [-0.39, 0.29) is 5.41 Å². The molecule has 3 rings (SSSR count). The number of pyridine rings is 1. The van der Waals surface area contributed by atoms with Crippen LogP contribution >= 0.6 is 0 Å². The van der Waals surface area contributed by atoms with Crippen LogP contribution < -0.4 is 0 Å². The molecular weight excluding hydrogens is 290 g/mol. The quantitative estimate of drug-likeness (QED) is 0.581. The van der Waals surface area contributed by atoms with Crippen molar-refractivity contribution in [3.63, 3.8) is 0 Å². The number of hydrogen-bond donors (Lipinski definition) is 0. The molecule has 0 radical (unpaired) electrons. The molecular formula is C23H25N. The number of nitrogens with zero attached hydrogens (tertiary/aromatic N) is 1. The van der Waals surface area contributed by atoms with Crippen LogP contribution in [0.2, 0.25) is 0 Å². The fourth-order valence-electron chi connectivity index (χ4n) is 3.03. The van der Waals surface area contributed by atoms with Gasteiger partial charge >= 0.3 is 0 Å². The minimum Gasteiger partial charge on any atom is -0.256 e. The molecule has 1 nitrogen and oxygen atoms in total. The SMILES string of the molecule is CC(C)(C)Cc1ccnc(-c2cccc(Cc3ccccc3)c2)c1. The van der Waals surface area contributed by atoms with Crippen molar-refractivity contribution in [2.45, 2.75) is 33.6 Å². The minimum absolute atomic E-state index is 0.285. The van der Waals surface area contributed by atoms with Gasteiger partial charge in [-0.15, -0.1) is 0 Å². The zero-order valence-corrected chi connectivity index (χ0v) is 14.8. The van der Waals surface area contributed by atoms with Crippen LogP contribution in [0, 0.1) is 5.41 Å². The summed E-state index contributed by atoms with van der Waals surface area (Å²) >= 11 is 0. The molecule has 3 aromatic rings. The van der Waals surface area contributed by atoms with Crippen LogP contribution in [0.15, 0.2) is 72.9 Å². The van der Waals surface area contributed by atoms with Crippen LogP contribution in [0.1, 0.15) is 37.5 Å². The molecule has 0 bridgehead atoms. The van der Waals surface area contributed by atoms with Gasteiger partial charge in [0.25, 0.3) is 0 Å². The first-order chi connectivity index (χ1) is 11.5. The standard InChI is InChI=1S/C23H25N/c1-23(2,3)17-20-12-13-24-22(16-20)21-11-7-10-19(15-21)14-18-8-5-4-6-9-18/h4-13,15-16H,14,17H2,1-3H3. The molecule has 0 spiro atoms. The molecule has 1 heteroatoms. The van der Waals surface area contributed by atoms with E-state index < -0.39 is 0 Å². The van der Waals surface area contributed by atoms with Gasteiger partial charge in [0.15, 0.2) is 0 Å². The van der Waals surface area contributed by atoms with E-state index in [1.165, 1.54) is 22.3 Å². The van der Waals surface area contributed by atoms with E-state index in [2.05, 4.69) is 92.5 Å². The van der Waals surface area contributed by atoms with Gasteiger partial charge in [-0.25, -0.2) is 0 Å². The Morgan fingerprint density at radius 2 is 1.50 bits per heavy atom. The monoisotopic (exact) mass is 315 g/mol. The predicted molar refractivity (Wildman–Crippen MR) is 102 cm³/mol. The summed E-state index contributed by atoms with van der Waals surface area (Å²) in [7, 11) is 0. The summed E-state index contributed by atoms with van der Waals surface area (Å²) in [5.41, 5.74) is 6.55. The summed E-state index contributed by atoms with van der Waals surface area (Å²) in [4.78, 5) is 4.59. The Kier molecular flexibility index (Phi) is 4.80. The third-order valence-electron chi connectivity index (χ3n) is 4.03. The number of rotatable bonds is 4. The second kappa shape index (κ2) is 7.00. The van der Waals surface area contributed by atoms with Crippen LogP contribution in [0.5, 0.6) is 0 Å². The van der Waals surface area contributed by atoms with Gasteiger partial charge in [-0.3, -0.25) is 4.98 Å². The van der Waals surface area contributed by atoms with Gasteiger partial charge < -0.3 is 0 Å². The molecule has 0 aliphatic carbocycles. The lowest BCUT2D eigenvalue weighted by atomic mass is 9.88. The second-order valence-electron chi connectivity index (χ2n) is 7.65. The van der Waals surface area contributed by atoms with E-state index in [1.807, 2.05) is 6.20 Å². The van der Waals surface area contributed by atoms with Crippen molar-refractivity contribution in [1.29, 1.82) is 0 Å². The minimum atomic E-state index is 0.285. The molecule has 0 unspecified atom stereocenters. The van der Waals surface area contributed by atoms with Crippen LogP contribution in [-0.4, -0.2) is 4.98 Å². The zero-order valence-electron chi connectivity index (χ0n) is 14.8. The molecule has 0 N–H and O–H groups in total. The van der Waals surface area contributed by atoms with Crippen molar-refractivity contribution < 1.29 is 0 Å². The maximum atomic E-state index is 4.59. The lowest BCUT2D eigenvalue weighted by Gasteiger charge is -2.18. The summed E-state index contributed by atoms with van der Waals surface area (Å²) in [6.07, 6.45) is 3.95. The molecule has 0 amide bonds. The largest absolute Gasteiger partial charge is 0.256 e. The highest BCUT2D eigenvalue weighted by Gasteiger charge is 2.12. The van der Waals surface area contributed by atoms with E-state index in [0.29, 0.717) is 0 Å². The molecule has 2 aromatic carbocycles. The van der Waals surface area contributed by atoms with E-state index in [4.69, 9.17) is 0 Å². The maximum Gasteiger partial charge on any atom is 0.0704 e. The van der Waals surface area contributed by atoms with E-state index in [9.17, 15) is 0 Å². The Balaban J connectivity index is 1.85. The van der Waals surface area contributed by atoms with Crippen molar-refractivity contribution in [2.75, 3.05) is 0 Å². The zero-order chi connectivity index (χ0) is 17.0. The highest BCUT2D eigenvalue weighted by Crippen LogP contribution is 2.25. The first-order valence-corrected chi connectivity index (χ1v) is 8.58. The van der Waals surface area contributed by atoms with E-state index in [0.717, 1.165) is 18.5 Å². The summed E-state index contributed by atoms with van der Waals surface area (Å²) in [5, 5.41) is 0. The molecule has 1 heterocycles. The van der Waals surface area contributed by atoms with Gasteiger partial charge in [-0.1, -0.05) is 69.3 Å². The van der Waals surface area contributed by atoms with Crippen LogP contribution in [0.25, 0.3) is 11.3 Å². The van der Waals surface area contributed by atoms with Crippen LogP contribution in [0.3, 0.4) is 0 Å². The highest BCUT2D eigenvalue weighted by molar-refractivity contribution is 5.61. The van der Waals surface area contributed by atoms with Crippen molar-refractivity contribution in [3.8, 4) is 11.3 Å². The average molecular weight is 315 g/mol. The van der Waals surface area contributed by atoms with Crippen molar-refractivity contribution in [1.82, 2.24) is 4.98 Å². The predicted octanol–water partition coefficient (Wildman–Crippen LogP) is 5.93. The maximum absolute atomic E-state index is 4.59. The fourth-order valence-corrected chi connectivity index (χ4v) is 3.03. The van der Waals surface area contributed by atoms with Gasteiger partial charge in [0, 0.05) is 11.8 Å². The summed E-state index contributed by atoms with van der Waals surface area (Å²) in [6.45, 7) is 6.81. The van der Waals surface area contributed by atoms with Crippen LogP contribution in [-0.2, 0) is 12.8 Å². The lowest BCUT2D eigenvalue weighted by molar-refractivity contribution is 0.411. The van der Waals surface area contributed by atoms with Gasteiger partial charge in [0.1, 0.15) is 0 Å². The third kappa shape index (κ3) is 4.55. The Morgan fingerprint density at radius 3 is 2.25 bits per heavy atom. The van der Waals surface area contributed by atoms with Gasteiger partial charge in [0.2, 0.25) is 0 Å². The Labute approximate surface area is 145 Å². The molecule has 0 saturated heterocycles. The molecule has 24 heavy (non-hydrogen) atoms. The van der Waals surface area contributed by atoms with Gasteiger partial charge in [0.05, 0.1) is 5.69 Å². The Morgan fingerprint density at radius 1 is 0.750 bits per heavy atom. The molecule has 0 saturated carbocycles. The smallest absolute Gasteiger partial charge is 0.0704 e. The first kappa shape index (κ1) is 16.4. The number of hydrogen-bond acceptors (Lipinski definition) is 1. The Hall–Kier alpha value is -2.41. The number of benzene rings is 2. The lowest BCUT2D eigenvalue weighted by Crippen LogP contribution is -2.09. The van der Waals surface area contributed by atoms with Gasteiger partial charge in [-0.2, -0.15) is 0 Å². The summed E-state index contributed by atoms with van der Waals surface area (Å²) in [5.74, 6) is 0. The summed E-state index contributed by atoms with van der Waals surface area (Å²) in [6, 6.07) is 23.7. The van der Waals surface area contributed by atoms with Crippen molar-refractivity contribution in [3.05, 3.63) is 89.6 Å². The summed E-state index contributed by atoms with van der Waals surface area (Å²) < 4.78 is 0. The second-order valence-corrected chi connectivity index (χ2v) is 7.65. The number of aromatic nitrogens is 1. The van der Waals surface area contributed by atoms with Crippen LogP contribution in [0.4, 0.5) is 0 Å². The van der Waals surface area contributed by atoms with Crippen molar-refractivity contribution >= 4 is 0 Å². The fraction of sp³-hybridized carbons (Fsp3) is 0.261. The average Bonchev–Trinajstić information content (AvgIpc) is 2.55. The van der Waals surface area contributed by atoms with Gasteiger partial charge in [-0.05, 0) is 53.1 Å². The van der Waals surface area contributed by atoms with E-state index in [1.54, 1.807) is 0 Å². The highest BCUT2D eigenvalue weighted by atomic mass is 14.7. The molecule has 0 fully saturated rings. The van der Waals surface area contributed by atoms with Crippen molar-refractivity contribution in [2.24, 2.45) is 5.41 Å². The molecule has 122 valence electrons. The Bertz CT molecular complexity index is 798. The first-order valence-electron chi connectivity index (χ1n) is 8.58. The topological polar surface area (TPSA) is 12.9 Å². The van der Waals surface area contributed by atoms with E-state index >= 15 is 0 Å². The molecule has 0 aliphatic heterocycles. The third-order valence-corrected chi connectivity index (χ3v) is 4.03. The molecule has 0 atom stereocenters. The molecule has 1 aromatic heterocycles. The normalized spacial score (nSPS) is 11.5. The molecule has 0 aliphatic rings.